The molecule has 2 aromatic rings. The van der Waals surface area contributed by atoms with E-state index in [-0.39, 0.29) is 29.9 Å². The average Bonchev–Trinajstić information content (AvgIpc) is 3.58. The molecule has 2 heterocycles. The quantitative estimate of drug-likeness (QED) is 0.175. The fourth-order valence-corrected chi connectivity index (χ4v) is 6.04. The molecule has 2 aliphatic rings. The summed E-state index contributed by atoms with van der Waals surface area (Å²) in [5.41, 5.74) is 4.47. The lowest BCUT2D eigenvalue weighted by Gasteiger charge is -2.16. The number of hydrazine groups is 1. The van der Waals surface area contributed by atoms with E-state index in [1.165, 1.54) is 17.7 Å². The monoisotopic (exact) mass is 603 g/mol. The van der Waals surface area contributed by atoms with Crippen molar-refractivity contribution in [2.45, 2.75) is 31.2 Å². The first-order valence-electron chi connectivity index (χ1n) is 13.6. The number of anilines is 1. The number of hydrogen-bond donors (Lipinski definition) is 4. The largest absolute Gasteiger partial charge is 0.402 e. The first kappa shape index (κ1) is 31.1. The van der Waals surface area contributed by atoms with E-state index in [1.54, 1.807) is 24.5 Å². The molecule has 1 unspecified atom stereocenters. The third-order valence-corrected chi connectivity index (χ3v) is 8.21. The smallest absolute Gasteiger partial charge is 0.383 e. The second-order valence-corrected chi connectivity index (χ2v) is 11.1. The van der Waals surface area contributed by atoms with Crippen molar-refractivity contribution in [1.82, 2.24) is 26.0 Å². The van der Waals surface area contributed by atoms with Gasteiger partial charge in [-0.1, -0.05) is 23.9 Å². The van der Waals surface area contributed by atoms with Crippen molar-refractivity contribution in [1.29, 1.82) is 5.26 Å². The molecule has 2 saturated heterocycles. The predicted octanol–water partition coefficient (Wildman–Crippen LogP) is 2.96. The number of alkyl halides is 3. The Hall–Kier alpha value is -3.80. The summed E-state index contributed by atoms with van der Waals surface area (Å²) in [4.78, 5) is 41.6. The van der Waals surface area contributed by atoms with E-state index in [4.69, 9.17) is 0 Å². The van der Waals surface area contributed by atoms with Crippen LogP contribution in [0.5, 0.6) is 0 Å². The Balaban J connectivity index is 1.36. The van der Waals surface area contributed by atoms with Crippen molar-refractivity contribution in [3.05, 3.63) is 52.6 Å². The van der Waals surface area contributed by atoms with Crippen LogP contribution in [0, 0.1) is 11.3 Å². The van der Waals surface area contributed by atoms with Gasteiger partial charge in [0.2, 0.25) is 5.91 Å². The SMILES string of the molecule is CCN1C(=O)C(CNc2ccc3cc(C(=O)NCCN4CCCC4)ccc3c2)S/C1=C(/C#N)C(=O)NNCC(F)(F)F. The predicted molar refractivity (Wildman–Crippen MR) is 154 cm³/mol. The van der Waals surface area contributed by atoms with Crippen LogP contribution in [0.1, 0.15) is 30.1 Å². The Labute approximate surface area is 245 Å². The van der Waals surface area contributed by atoms with Crippen LogP contribution >= 0.6 is 11.8 Å². The lowest BCUT2D eigenvalue weighted by Crippen LogP contribution is -2.43. The van der Waals surface area contributed by atoms with Crippen LogP contribution in [0.4, 0.5) is 18.9 Å². The van der Waals surface area contributed by atoms with Crippen molar-refractivity contribution >= 4 is 45.9 Å². The molecule has 224 valence electrons. The first-order valence-corrected chi connectivity index (χ1v) is 14.5. The van der Waals surface area contributed by atoms with Gasteiger partial charge in [-0.3, -0.25) is 19.8 Å². The topological polar surface area (TPSA) is 130 Å². The van der Waals surface area contributed by atoms with Gasteiger partial charge in [0.05, 0.1) is 0 Å². The minimum absolute atomic E-state index is 0.0906. The van der Waals surface area contributed by atoms with Crippen molar-refractivity contribution in [3.63, 3.8) is 0 Å². The Kier molecular flexibility index (Phi) is 10.3. The fourth-order valence-electron chi connectivity index (χ4n) is 4.77. The zero-order chi connectivity index (χ0) is 30.3. The molecule has 4 rings (SSSR count). The number of carbonyl (C=O) groups excluding carboxylic acids is 3. The number of amides is 3. The number of carbonyl (C=O) groups is 3. The van der Waals surface area contributed by atoms with Crippen LogP contribution in [-0.2, 0) is 9.59 Å². The summed E-state index contributed by atoms with van der Waals surface area (Å²) in [5, 5.41) is 16.9. The van der Waals surface area contributed by atoms with Gasteiger partial charge in [-0.05, 0) is 67.9 Å². The summed E-state index contributed by atoms with van der Waals surface area (Å²) in [6.45, 7) is 4.16. The maximum Gasteiger partial charge on any atom is 0.402 e. The molecular weight excluding hydrogens is 571 g/mol. The molecule has 10 nitrogen and oxygen atoms in total. The highest BCUT2D eigenvalue weighted by Crippen LogP contribution is 2.37. The standard InChI is InChI=1S/C28H32F3N7O3S/c1-2-38-26(41)23(42-27(38)22(15-32)25(40)36-35-17-28(29,30)31)16-34-21-8-7-18-13-20(6-5-19(18)14-21)24(39)33-9-12-37-10-3-4-11-37/h5-8,13-14,23,34-35H,2-4,9-12,16-17H2,1H3,(H,33,39)(H,36,40)/b27-22-. The lowest BCUT2D eigenvalue weighted by atomic mass is 10.1. The van der Waals surface area contributed by atoms with Crippen molar-refractivity contribution in [3.8, 4) is 6.07 Å². The number of nitriles is 1. The van der Waals surface area contributed by atoms with E-state index < -0.39 is 29.5 Å². The van der Waals surface area contributed by atoms with Crippen molar-refractivity contribution < 1.29 is 27.6 Å². The molecule has 2 aromatic carbocycles. The Bertz CT molecular complexity index is 1400. The van der Waals surface area contributed by atoms with Gasteiger partial charge >= 0.3 is 6.18 Å². The van der Waals surface area contributed by atoms with Crippen LogP contribution in [0.3, 0.4) is 0 Å². The highest BCUT2D eigenvalue weighted by atomic mass is 32.2. The van der Waals surface area contributed by atoms with Crippen molar-refractivity contribution in [2.24, 2.45) is 0 Å². The third-order valence-electron chi connectivity index (χ3n) is 6.91. The van der Waals surface area contributed by atoms with Crippen LogP contribution in [-0.4, -0.2) is 84.8 Å². The Morgan fingerprint density at radius 2 is 1.83 bits per heavy atom. The van der Waals surface area contributed by atoms with E-state index in [0.29, 0.717) is 12.1 Å². The Morgan fingerprint density at radius 3 is 2.52 bits per heavy atom. The first-order chi connectivity index (χ1) is 20.1. The van der Waals surface area contributed by atoms with Gasteiger partial charge in [0.25, 0.3) is 11.8 Å². The second-order valence-electron chi connectivity index (χ2n) is 9.87. The van der Waals surface area contributed by atoms with E-state index in [0.717, 1.165) is 47.9 Å². The molecule has 4 N–H and O–H groups in total. The maximum absolute atomic E-state index is 13.0. The van der Waals surface area contributed by atoms with Crippen LogP contribution in [0.2, 0.25) is 0 Å². The zero-order valence-corrected chi connectivity index (χ0v) is 23.8. The van der Waals surface area contributed by atoms with Gasteiger partial charge in [0.15, 0.2) is 0 Å². The molecule has 3 amide bonds. The summed E-state index contributed by atoms with van der Waals surface area (Å²) < 4.78 is 37.1. The molecule has 0 radical (unpaired) electrons. The fraction of sp³-hybridized carbons (Fsp3) is 0.429. The molecular formula is C28H32F3N7O3S. The molecule has 1 atom stereocenters. The number of nitrogens with one attached hydrogen (secondary N) is 4. The number of halogens is 3. The average molecular weight is 604 g/mol. The van der Waals surface area contributed by atoms with Crippen LogP contribution in [0.25, 0.3) is 10.8 Å². The van der Waals surface area contributed by atoms with Gasteiger partial charge < -0.3 is 20.4 Å². The number of fused-ring (bicyclic) bond motifs is 1. The lowest BCUT2D eigenvalue weighted by molar-refractivity contribution is -0.130. The second kappa shape index (κ2) is 13.9. The normalized spacial score (nSPS) is 18.7. The minimum atomic E-state index is -4.55. The maximum atomic E-state index is 13.0. The van der Waals surface area contributed by atoms with Gasteiger partial charge in [-0.25, -0.2) is 5.43 Å². The number of hydrogen-bond acceptors (Lipinski definition) is 8. The number of likely N-dealkylation sites (tertiary alicyclic amines) is 1. The van der Waals surface area contributed by atoms with E-state index >= 15 is 0 Å². The summed E-state index contributed by atoms with van der Waals surface area (Å²) in [5.74, 6) is -1.51. The molecule has 0 aliphatic carbocycles. The van der Waals surface area contributed by atoms with Crippen LogP contribution < -0.4 is 21.5 Å². The number of thioether (sulfide) groups is 1. The minimum Gasteiger partial charge on any atom is -0.383 e. The van der Waals surface area contributed by atoms with Crippen LogP contribution in [0.15, 0.2) is 47.0 Å². The highest BCUT2D eigenvalue weighted by molar-refractivity contribution is 8.04. The summed E-state index contributed by atoms with van der Waals surface area (Å²) >= 11 is 1.01. The molecule has 0 saturated carbocycles. The molecule has 42 heavy (non-hydrogen) atoms. The Morgan fingerprint density at radius 1 is 1.12 bits per heavy atom. The van der Waals surface area contributed by atoms with E-state index in [2.05, 4.69) is 15.5 Å². The van der Waals surface area contributed by atoms with E-state index in [1.807, 2.05) is 35.8 Å². The molecule has 14 heteroatoms. The van der Waals surface area contributed by atoms with Gasteiger partial charge in [0, 0.05) is 37.4 Å². The zero-order valence-electron chi connectivity index (χ0n) is 23.0. The summed E-state index contributed by atoms with van der Waals surface area (Å²) in [6.07, 6.45) is -2.14. The molecule has 0 spiro atoms. The van der Waals surface area contributed by atoms with E-state index in [9.17, 15) is 32.8 Å². The molecule has 2 fully saturated rings. The molecule has 0 bridgehead atoms. The van der Waals surface area contributed by atoms with Gasteiger partial charge in [0.1, 0.15) is 28.5 Å². The van der Waals surface area contributed by atoms with Gasteiger partial charge in [-0.2, -0.15) is 18.4 Å². The third kappa shape index (κ3) is 7.93. The number of benzene rings is 2. The summed E-state index contributed by atoms with van der Waals surface area (Å²) in [7, 11) is 0. The summed E-state index contributed by atoms with van der Waals surface area (Å²) in [6, 6.07) is 12.8. The molecule has 0 aromatic heterocycles. The highest BCUT2D eigenvalue weighted by Gasteiger charge is 2.39. The van der Waals surface area contributed by atoms with Crippen molar-refractivity contribution in [2.75, 3.05) is 51.1 Å². The van der Waals surface area contributed by atoms with Gasteiger partial charge in [-0.15, -0.1) is 0 Å². The molecule has 2 aliphatic heterocycles. The number of rotatable bonds is 11. The number of nitrogens with zero attached hydrogens (tertiary/aromatic N) is 3.